The Morgan fingerprint density at radius 3 is 2.69 bits per heavy atom. The Hall–Kier alpha value is -4.33. The van der Waals surface area contributed by atoms with Crippen LogP contribution in [0.1, 0.15) is 39.1 Å². The van der Waals surface area contributed by atoms with Crippen molar-refractivity contribution in [2.45, 2.75) is 19.3 Å². The molecule has 0 unspecified atom stereocenters. The van der Waals surface area contributed by atoms with Crippen LogP contribution in [0.5, 0.6) is 5.75 Å². The number of imidazole rings is 1. The first-order valence-corrected chi connectivity index (χ1v) is 12.0. The monoisotopic (exact) mass is 483 g/mol. The Labute approximate surface area is 209 Å². The summed E-state index contributed by atoms with van der Waals surface area (Å²) < 4.78 is 5.54. The number of para-hydroxylation sites is 2. The number of methoxy groups -OCH3 is 1. The number of carbonyl (C=O) groups is 2. The number of nitrogens with one attached hydrogen (secondary N) is 2. The molecule has 0 aliphatic carbocycles. The molecule has 1 aliphatic heterocycles. The molecule has 36 heavy (non-hydrogen) atoms. The van der Waals surface area contributed by atoms with Crippen molar-refractivity contribution < 1.29 is 14.3 Å². The van der Waals surface area contributed by atoms with E-state index in [-0.39, 0.29) is 11.8 Å². The third-order valence-electron chi connectivity index (χ3n) is 6.47. The summed E-state index contributed by atoms with van der Waals surface area (Å²) in [6.07, 6.45) is 2.94. The van der Waals surface area contributed by atoms with Crippen molar-refractivity contribution >= 4 is 40.2 Å². The predicted octanol–water partition coefficient (Wildman–Crippen LogP) is 4.87. The van der Waals surface area contributed by atoms with E-state index in [1.54, 1.807) is 18.2 Å². The van der Waals surface area contributed by atoms with Gasteiger partial charge in [-0.15, -0.1) is 0 Å². The van der Waals surface area contributed by atoms with Gasteiger partial charge in [0, 0.05) is 31.9 Å². The number of amides is 2. The van der Waals surface area contributed by atoms with E-state index in [1.807, 2.05) is 60.3 Å². The molecule has 0 saturated carbocycles. The lowest BCUT2D eigenvalue weighted by molar-refractivity contribution is 0.0982. The molecular formula is C28H29N5O3. The average Bonchev–Trinajstić information content (AvgIpc) is 3.23. The molecule has 4 aromatic rings. The molecule has 0 saturated heterocycles. The smallest absolute Gasteiger partial charge is 0.259 e. The summed E-state index contributed by atoms with van der Waals surface area (Å²) >= 11 is 0. The van der Waals surface area contributed by atoms with Crippen LogP contribution < -0.4 is 19.9 Å². The number of nitrogens with zero attached hydrogens (tertiary/aromatic N) is 3. The summed E-state index contributed by atoms with van der Waals surface area (Å²) in [4.78, 5) is 38.3. The Balaban J connectivity index is 1.42. The van der Waals surface area contributed by atoms with E-state index in [0.717, 1.165) is 30.5 Å². The van der Waals surface area contributed by atoms with E-state index in [2.05, 4.69) is 21.4 Å². The van der Waals surface area contributed by atoms with E-state index < -0.39 is 0 Å². The maximum atomic E-state index is 13.5. The number of fused-ring (bicyclic) bond motifs is 2. The SMILES string of the molecule is COc1cc(C(=O)N2CCCCc3ccccc32)ccc1C(=O)Nc1cccc2[nH]c(N(C)C)nc12. The fraction of sp³-hybridized carbons (Fsp3) is 0.250. The number of aromatic nitrogens is 2. The minimum Gasteiger partial charge on any atom is -0.496 e. The maximum absolute atomic E-state index is 13.5. The number of aryl methyl sites for hydroxylation is 1. The fourth-order valence-electron chi connectivity index (χ4n) is 4.59. The Bertz CT molecular complexity index is 1440. The molecule has 0 atom stereocenters. The number of ether oxygens (including phenoxy) is 1. The third-order valence-corrected chi connectivity index (χ3v) is 6.47. The number of aromatic amines is 1. The van der Waals surface area contributed by atoms with Crippen molar-refractivity contribution in [1.29, 1.82) is 0 Å². The lowest BCUT2D eigenvalue weighted by Crippen LogP contribution is -2.31. The van der Waals surface area contributed by atoms with Gasteiger partial charge in [0.05, 0.1) is 23.9 Å². The quantitative estimate of drug-likeness (QED) is 0.423. The van der Waals surface area contributed by atoms with Gasteiger partial charge in [-0.1, -0.05) is 24.3 Å². The standard InChI is InChI=1S/C28H29N5O3/c1-32(2)28-30-22-12-8-11-21(25(22)31-28)29-26(34)20-15-14-19(17-24(20)36-3)27(35)33-16-7-6-10-18-9-4-5-13-23(18)33/h4-5,8-9,11-15,17H,6-7,10,16H2,1-3H3,(H,29,34)(H,30,31). The second-order valence-electron chi connectivity index (χ2n) is 9.07. The normalized spacial score (nSPS) is 13.1. The van der Waals surface area contributed by atoms with Crippen molar-refractivity contribution in [3.8, 4) is 5.75 Å². The molecule has 1 aromatic heterocycles. The number of carbonyl (C=O) groups excluding carboxylic acids is 2. The van der Waals surface area contributed by atoms with E-state index in [0.29, 0.717) is 40.6 Å². The van der Waals surface area contributed by atoms with E-state index >= 15 is 0 Å². The second kappa shape index (κ2) is 9.73. The zero-order valence-electron chi connectivity index (χ0n) is 20.7. The van der Waals surface area contributed by atoms with Gasteiger partial charge in [0.1, 0.15) is 11.3 Å². The van der Waals surface area contributed by atoms with Crippen LogP contribution in [0, 0.1) is 0 Å². The van der Waals surface area contributed by atoms with Crippen LogP contribution in [-0.2, 0) is 6.42 Å². The number of anilines is 3. The van der Waals surface area contributed by atoms with Crippen molar-refractivity contribution in [2.75, 3.05) is 42.9 Å². The molecule has 8 heteroatoms. The van der Waals surface area contributed by atoms with Crippen LogP contribution in [0.15, 0.2) is 60.7 Å². The second-order valence-corrected chi connectivity index (χ2v) is 9.07. The van der Waals surface area contributed by atoms with Gasteiger partial charge in [0.15, 0.2) is 0 Å². The largest absolute Gasteiger partial charge is 0.496 e. The van der Waals surface area contributed by atoms with E-state index in [4.69, 9.17) is 4.74 Å². The van der Waals surface area contributed by atoms with Crippen LogP contribution in [-0.4, -0.2) is 49.5 Å². The molecule has 0 radical (unpaired) electrons. The highest BCUT2D eigenvalue weighted by atomic mass is 16.5. The first kappa shape index (κ1) is 23.4. The van der Waals surface area contributed by atoms with Gasteiger partial charge >= 0.3 is 0 Å². The topological polar surface area (TPSA) is 90.6 Å². The number of hydrogen-bond acceptors (Lipinski definition) is 5. The zero-order chi connectivity index (χ0) is 25.2. The molecule has 5 rings (SSSR count). The summed E-state index contributed by atoms with van der Waals surface area (Å²) in [5.74, 6) is 0.590. The summed E-state index contributed by atoms with van der Waals surface area (Å²) in [6, 6.07) is 18.6. The number of hydrogen-bond donors (Lipinski definition) is 2. The number of H-pyrrole nitrogens is 1. The molecular weight excluding hydrogens is 454 g/mol. The molecule has 2 N–H and O–H groups in total. The highest BCUT2D eigenvalue weighted by molar-refractivity contribution is 6.11. The summed E-state index contributed by atoms with van der Waals surface area (Å²) in [5.41, 5.74) is 5.02. The van der Waals surface area contributed by atoms with Gasteiger partial charge in [-0.3, -0.25) is 9.59 Å². The van der Waals surface area contributed by atoms with Crippen molar-refractivity contribution in [2.24, 2.45) is 0 Å². The first-order chi connectivity index (χ1) is 17.5. The van der Waals surface area contributed by atoms with Crippen LogP contribution in [0.4, 0.5) is 17.3 Å². The molecule has 3 aromatic carbocycles. The van der Waals surface area contributed by atoms with Crippen molar-refractivity contribution in [3.05, 3.63) is 77.4 Å². The molecule has 184 valence electrons. The molecule has 0 fully saturated rings. The third kappa shape index (κ3) is 4.37. The number of rotatable bonds is 5. The Morgan fingerprint density at radius 2 is 1.89 bits per heavy atom. The highest BCUT2D eigenvalue weighted by Gasteiger charge is 2.24. The van der Waals surface area contributed by atoms with Gasteiger partial charge in [-0.05, 0) is 61.2 Å². The molecule has 2 amide bonds. The van der Waals surface area contributed by atoms with Gasteiger partial charge in [-0.2, -0.15) is 0 Å². The highest BCUT2D eigenvalue weighted by Crippen LogP contribution is 2.30. The lowest BCUT2D eigenvalue weighted by Gasteiger charge is -2.23. The molecule has 8 nitrogen and oxygen atoms in total. The predicted molar refractivity (Wildman–Crippen MR) is 142 cm³/mol. The van der Waals surface area contributed by atoms with E-state index in [1.165, 1.54) is 12.7 Å². The van der Waals surface area contributed by atoms with Gasteiger partial charge in [0.2, 0.25) is 5.95 Å². The Kier molecular flexibility index (Phi) is 6.33. The Morgan fingerprint density at radius 1 is 1.06 bits per heavy atom. The fourth-order valence-corrected chi connectivity index (χ4v) is 4.59. The minimum atomic E-state index is -0.340. The molecule has 0 bridgehead atoms. The molecule has 1 aliphatic rings. The van der Waals surface area contributed by atoms with Crippen LogP contribution in [0.25, 0.3) is 11.0 Å². The average molecular weight is 484 g/mol. The van der Waals surface area contributed by atoms with Crippen molar-refractivity contribution in [3.63, 3.8) is 0 Å². The van der Waals surface area contributed by atoms with Crippen molar-refractivity contribution in [1.82, 2.24) is 9.97 Å². The van der Waals surface area contributed by atoms with Gasteiger partial charge in [0.25, 0.3) is 11.8 Å². The number of benzene rings is 3. The maximum Gasteiger partial charge on any atom is 0.259 e. The molecule has 0 spiro atoms. The van der Waals surface area contributed by atoms with Crippen LogP contribution >= 0.6 is 0 Å². The first-order valence-electron chi connectivity index (χ1n) is 12.0. The zero-order valence-corrected chi connectivity index (χ0v) is 20.7. The van der Waals surface area contributed by atoms with E-state index in [9.17, 15) is 9.59 Å². The molecule has 2 heterocycles. The summed E-state index contributed by atoms with van der Waals surface area (Å²) in [6.45, 7) is 0.656. The summed E-state index contributed by atoms with van der Waals surface area (Å²) in [5, 5.41) is 2.95. The van der Waals surface area contributed by atoms with Gasteiger partial charge in [-0.25, -0.2) is 4.98 Å². The lowest BCUT2D eigenvalue weighted by atomic mass is 10.1. The summed E-state index contributed by atoms with van der Waals surface area (Å²) in [7, 11) is 5.29. The van der Waals surface area contributed by atoms with Crippen LogP contribution in [0.3, 0.4) is 0 Å². The minimum absolute atomic E-state index is 0.105. The van der Waals surface area contributed by atoms with Gasteiger partial charge < -0.3 is 24.8 Å². The van der Waals surface area contributed by atoms with Crippen LogP contribution in [0.2, 0.25) is 0 Å².